The van der Waals surface area contributed by atoms with Gasteiger partial charge in [0.1, 0.15) is 5.75 Å². The fourth-order valence-corrected chi connectivity index (χ4v) is 4.02. The van der Waals surface area contributed by atoms with E-state index in [0.717, 1.165) is 10.0 Å². The van der Waals surface area contributed by atoms with Gasteiger partial charge in [0.05, 0.1) is 28.3 Å². The molecule has 1 N–H and O–H groups in total. The summed E-state index contributed by atoms with van der Waals surface area (Å²) in [6.45, 7) is 0. The molecule has 0 unspecified atom stereocenters. The van der Waals surface area contributed by atoms with Gasteiger partial charge < -0.3 is 9.84 Å². The van der Waals surface area contributed by atoms with Gasteiger partial charge in [-0.2, -0.15) is 0 Å². The summed E-state index contributed by atoms with van der Waals surface area (Å²) >= 11 is 10.5. The predicted molar refractivity (Wildman–Crippen MR) is 115 cm³/mol. The molecule has 1 saturated heterocycles. The number of halogens is 2. The molecule has 1 aliphatic rings. The number of hydrogen-bond acceptors (Lipinski definition) is 5. The number of carboxylic acid groups (broad SMARTS) is 1. The number of rotatable bonds is 4. The van der Waals surface area contributed by atoms with E-state index in [1.165, 1.54) is 28.8 Å². The SMILES string of the molecule is COc1ccc(Br)cc1C=C1SC(=Nc2ccc(Cl)c(C(=O)O)c2)N(C)C1=O. The summed E-state index contributed by atoms with van der Waals surface area (Å²) in [6.07, 6.45) is 1.74. The van der Waals surface area contributed by atoms with Crippen molar-refractivity contribution >= 4 is 68.1 Å². The maximum Gasteiger partial charge on any atom is 0.337 e. The highest BCUT2D eigenvalue weighted by Crippen LogP contribution is 2.35. The van der Waals surface area contributed by atoms with Crippen LogP contribution in [0.25, 0.3) is 6.08 Å². The molecule has 1 fully saturated rings. The number of aromatic carboxylic acids is 1. The van der Waals surface area contributed by atoms with Crippen LogP contribution in [0.3, 0.4) is 0 Å². The maximum atomic E-state index is 12.6. The van der Waals surface area contributed by atoms with Crippen LogP contribution in [0.5, 0.6) is 5.75 Å². The molecule has 28 heavy (non-hydrogen) atoms. The first-order chi connectivity index (χ1) is 13.3. The normalized spacial score (nSPS) is 16.9. The number of aliphatic imine (C=N–C) groups is 1. The molecule has 1 aliphatic heterocycles. The largest absolute Gasteiger partial charge is 0.496 e. The van der Waals surface area contributed by atoms with Crippen LogP contribution >= 0.6 is 39.3 Å². The molecule has 0 aliphatic carbocycles. The molecule has 9 heteroatoms. The van der Waals surface area contributed by atoms with Crippen molar-refractivity contribution in [3.8, 4) is 5.75 Å². The summed E-state index contributed by atoms with van der Waals surface area (Å²) in [5, 5.41) is 9.76. The van der Waals surface area contributed by atoms with E-state index in [4.69, 9.17) is 16.3 Å². The molecule has 0 saturated carbocycles. The lowest BCUT2D eigenvalue weighted by Gasteiger charge is -2.08. The third-order valence-electron chi connectivity index (χ3n) is 3.89. The van der Waals surface area contributed by atoms with Crippen molar-refractivity contribution in [2.75, 3.05) is 14.2 Å². The lowest BCUT2D eigenvalue weighted by molar-refractivity contribution is -0.121. The Kier molecular flexibility index (Phi) is 6.12. The number of carboxylic acids is 1. The predicted octanol–water partition coefficient (Wildman–Crippen LogP) is 5.04. The number of ether oxygens (including phenoxy) is 1. The van der Waals surface area contributed by atoms with Crippen molar-refractivity contribution in [2.24, 2.45) is 4.99 Å². The Morgan fingerprint density at radius 1 is 1.32 bits per heavy atom. The van der Waals surface area contributed by atoms with Crippen LogP contribution in [0.1, 0.15) is 15.9 Å². The van der Waals surface area contributed by atoms with E-state index in [9.17, 15) is 14.7 Å². The molecule has 2 aromatic rings. The van der Waals surface area contributed by atoms with Gasteiger partial charge in [-0.1, -0.05) is 27.5 Å². The molecule has 144 valence electrons. The Bertz CT molecular complexity index is 1040. The summed E-state index contributed by atoms with van der Waals surface area (Å²) in [4.78, 5) is 30.2. The summed E-state index contributed by atoms with van der Waals surface area (Å²) in [5.74, 6) is -0.711. The van der Waals surface area contributed by atoms with Gasteiger partial charge in [0.25, 0.3) is 5.91 Å². The second-order valence-corrected chi connectivity index (χ2v) is 8.06. The molecule has 0 spiro atoms. The highest BCUT2D eigenvalue weighted by atomic mass is 79.9. The summed E-state index contributed by atoms with van der Waals surface area (Å²) in [5.41, 5.74) is 1.10. The van der Waals surface area contributed by atoms with Crippen molar-refractivity contribution in [1.29, 1.82) is 0 Å². The minimum Gasteiger partial charge on any atom is -0.496 e. The number of benzene rings is 2. The Morgan fingerprint density at radius 3 is 2.75 bits per heavy atom. The minimum atomic E-state index is -1.14. The fourth-order valence-electron chi connectivity index (χ4n) is 2.47. The second-order valence-electron chi connectivity index (χ2n) is 5.72. The zero-order chi connectivity index (χ0) is 20.4. The van der Waals surface area contributed by atoms with Crippen LogP contribution < -0.4 is 4.74 Å². The molecular weight excluding hydrogens is 468 g/mol. The summed E-state index contributed by atoms with van der Waals surface area (Å²) in [7, 11) is 3.18. The van der Waals surface area contributed by atoms with E-state index >= 15 is 0 Å². The van der Waals surface area contributed by atoms with E-state index in [1.807, 2.05) is 12.1 Å². The smallest absolute Gasteiger partial charge is 0.337 e. The third kappa shape index (κ3) is 4.24. The number of carbonyl (C=O) groups excluding carboxylic acids is 1. The molecule has 0 aromatic heterocycles. The van der Waals surface area contributed by atoms with Gasteiger partial charge in [-0.3, -0.25) is 9.69 Å². The number of likely N-dealkylation sites (N-methyl/N-ethyl adjacent to an activating group) is 1. The Hall–Kier alpha value is -2.29. The van der Waals surface area contributed by atoms with Gasteiger partial charge in [-0.15, -0.1) is 0 Å². The molecule has 1 heterocycles. The lowest BCUT2D eigenvalue weighted by Crippen LogP contribution is -2.23. The first-order valence-corrected chi connectivity index (χ1v) is 9.91. The molecule has 0 radical (unpaired) electrons. The first-order valence-electron chi connectivity index (χ1n) is 7.93. The quantitative estimate of drug-likeness (QED) is 0.619. The number of methoxy groups -OCH3 is 1. The summed E-state index contributed by atoms with van der Waals surface area (Å²) in [6, 6.07) is 9.95. The van der Waals surface area contributed by atoms with Gasteiger partial charge in [0.15, 0.2) is 5.17 Å². The highest BCUT2D eigenvalue weighted by molar-refractivity contribution is 9.10. The number of carbonyl (C=O) groups is 2. The monoisotopic (exact) mass is 480 g/mol. The first kappa shape index (κ1) is 20.4. The molecule has 2 aromatic carbocycles. The maximum absolute atomic E-state index is 12.6. The highest BCUT2D eigenvalue weighted by Gasteiger charge is 2.30. The Morgan fingerprint density at radius 2 is 2.07 bits per heavy atom. The van der Waals surface area contributed by atoms with Gasteiger partial charge in [0, 0.05) is 17.1 Å². The second kappa shape index (κ2) is 8.38. The zero-order valence-electron chi connectivity index (χ0n) is 14.8. The number of thioether (sulfide) groups is 1. The molecule has 3 rings (SSSR count). The van der Waals surface area contributed by atoms with Crippen molar-refractivity contribution in [3.05, 3.63) is 61.9 Å². The van der Waals surface area contributed by atoms with E-state index in [1.54, 1.807) is 32.4 Å². The molecule has 6 nitrogen and oxygen atoms in total. The lowest BCUT2D eigenvalue weighted by atomic mass is 10.2. The minimum absolute atomic E-state index is 0.0462. The van der Waals surface area contributed by atoms with Gasteiger partial charge in [-0.25, -0.2) is 9.79 Å². The molecule has 1 amide bonds. The molecular formula is C19H14BrClN2O4S. The van der Waals surface area contributed by atoms with Crippen molar-refractivity contribution < 1.29 is 19.4 Å². The third-order valence-corrected chi connectivity index (χ3v) is 5.77. The standard InChI is InChI=1S/C19H14BrClN2O4S/c1-23-17(24)16(8-10-7-11(20)3-6-15(10)27-2)28-19(23)22-12-4-5-14(21)13(9-12)18(25)26/h3-9H,1-2H3,(H,25,26). The zero-order valence-corrected chi connectivity index (χ0v) is 17.9. The van der Waals surface area contributed by atoms with Crippen LogP contribution in [0, 0.1) is 0 Å². The summed E-state index contributed by atoms with van der Waals surface area (Å²) < 4.78 is 6.21. The van der Waals surface area contributed by atoms with E-state index < -0.39 is 5.97 Å². The van der Waals surface area contributed by atoms with Crippen LogP contribution in [-0.2, 0) is 4.79 Å². The fraction of sp³-hybridized carbons (Fsp3) is 0.105. The number of amides is 1. The van der Waals surface area contributed by atoms with Crippen molar-refractivity contribution in [1.82, 2.24) is 4.90 Å². The van der Waals surface area contributed by atoms with Gasteiger partial charge in [-0.05, 0) is 54.2 Å². The molecule has 0 bridgehead atoms. The number of amidine groups is 1. The van der Waals surface area contributed by atoms with Crippen LogP contribution in [0.2, 0.25) is 5.02 Å². The van der Waals surface area contributed by atoms with Gasteiger partial charge in [0.2, 0.25) is 0 Å². The molecule has 0 atom stereocenters. The van der Waals surface area contributed by atoms with E-state index in [0.29, 0.717) is 21.5 Å². The number of nitrogens with zero attached hydrogens (tertiary/aromatic N) is 2. The van der Waals surface area contributed by atoms with Gasteiger partial charge >= 0.3 is 5.97 Å². The van der Waals surface area contributed by atoms with Crippen molar-refractivity contribution in [2.45, 2.75) is 0 Å². The van der Waals surface area contributed by atoms with E-state index in [-0.39, 0.29) is 16.5 Å². The van der Waals surface area contributed by atoms with Crippen LogP contribution in [0.4, 0.5) is 5.69 Å². The average molecular weight is 482 g/mol. The topological polar surface area (TPSA) is 79.2 Å². The average Bonchev–Trinajstić information content (AvgIpc) is 2.91. The van der Waals surface area contributed by atoms with Crippen LogP contribution in [0.15, 0.2) is 50.8 Å². The van der Waals surface area contributed by atoms with E-state index in [2.05, 4.69) is 20.9 Å². The van der Waals surface area contributed by atoms with Crippen LogP contribution in [-0.4, -0.2) is 41.2 Å². The Labute approximate surface area is 179 Å². The Balaban J connectivity index is 1.96. The number of hydrogen-bond donors (Lipinski definition) is 1. The van der Waals surface area contributed by atoms with Crippen molar-refractivity contribution in [3.63, 3.8) is 0 Å².